The second kappa shape index (κ2) is 3.78. The summed E-state index contributed by atoms with van der Waals surface area (Å²) in [7, 11) is -3.46. The van der Waals surface area contributed by atoms with Crippen LogP contribution >= 0.6 is 0 Å². The van der Waals surface area contributed by atoms with Crippen LogP contribution in [0.1, 0.15) is 0 Å². The zero-order chi connectivity index (χ0) is 12.8. The monoisotopic (exact) mass is 262 g/mol. The van der Waals surface area contributed by atoms with Gasteiger partial charge >= 0.3 is 0 Å². The van der Waals surface area contributed by atoms with Crippen molar-refractivity contribution in [2.24, 2.45) is 5.29 Å². The van der Waals surface area contributed by atoms with Gasteiger partial charge in [-0.25, -0.2) is 13.4 Å². The average molecular weight is 262 g/mol. The van der Waals surface area contributed by atoms with Crippen LogP contribution in [0.3, 0.4) is 0 Å². The van der Waals surface area contributed by atoms with Crippen LogP contribution in [0.4, 0.5) is 5.69 Å². The van der Waals surface area contributed by atoms with Crippen LogP contribution in [0.5, 0.6) is 0 Å². The predicted octanol–water partition coefficient (Wildman–Crippen LogP) is 1.82. The summed E-state index contributed by atoms with van der Waals surface area (Å²) in [4.78, 5) is 11.2. The number of benzene rings is 1. The molecule has 1 aliphatic carbocycles. The van der Waals surface area contributed by atoms with Gasteiger partial charge in [0.15, 0.2) is 9.84 Å². The van der Waals surface area contributed by atoms with Crippen LogP contribution in [-0.2, 0) is 9.84 Å². The fraction of sp³-hybridized carbons (Fsp3) is 0.167. The molecule has 6 heteroatoms. The first-order valence-corrected chi connectivity index (χ1v) is 7.01. The minimum Gasteiger partial charge on any atom is -0.223 e. The summed E-state index contributed by atoms with van der Waals surface area (Å²) < 4.78 is 24.9. The molecular formula is C12H10N2O3S. The molecule has 1 aromatic rings. The topological polar surface area (TPSA) is 66.8 Å². The van der Waals surface area contributed by atoms with Gasteiger partial charge in [0.05, 0.1) is 21.9 Å². The van der Waals surface area contributed by atoms with Crippen molar-refractivity contribution in [1.82, 2.24) is 0 Å². The van der Waals surface area contributed by atoms with E-state index >= 15 is 0 Å². The van der Waals surface area contributed by atoms with Gasteiger partial charge in [0.1, 0.15) is 5.25 Å². The lowest BCUT2D eigenvalue weighted by molar-refractivity contribution is 0.565. The minimum atomic E-state index is -3.46. The third-order valence-corrected chi connectivity index (χ3v) is 5.31. The van der Waals surface area contributed by atoms with Crippen LogP contribution in [0, 0.1) is 4.91 Å². The van der Waals surface area contributed by atoms with Crippen molar-refractivity contribution in [3.63, 3.8) is 0 Å². The van der Waals surface area contributed by atoms with Gasteiger partial charge in [-0.3, -0.25) is 0 Å². The zero-order valence-electron chi connectivity index (χ0n) is 9.30. The highest BCUT2D eigenvalue weighted by Gasteiger charge is 2.43. The van der Waals surface area contributed by atoms with Crippen molar-refractivity contribution in [2.75, 3.05) is 5.01 Å². The first kappa shape index (κ1) is 11.2. The molecule has 0 N–H and O–H groups in total. The Balaban J connectivity index is 2.31. The summed E-state index contributed by atoms with van der Waals surface area (Å²) in [5, 5.41) is 3.44. The van der Waals surface area contributed by atoms with Gasteiger partial charge in [0.2, 0.25) is 0 Å². The van der Waals surface area contributed by atoms with E-state index in [1.807, 2.05) is 0 Å². The maximum absolute atomic E-state index is 12.4. The number of nitroso groups, excluding NO2 is 1. The van der Waals surface area contributed by atoms with Crippen LogP contribution < -0.4 is 5.01 Å². The van der Waals surface area contributed by atoms with Crippen LogP contribution in [0.2, 0.25) is 0 Å². The van der Waals surface area contributed by atoms with E-state index in [0.717, 1.165) is 0 Å². The van der Waals surface area contributed by atoms with Crippen molar-refractivity contribution in [3.05, 3.63) is 53.5 Å². The highest BCUT2D eigenvalue weighted by molar-refractivity contribution is 7.92. The molecule has 0 aromatic heterocycles. The normalized spacial score (nSPS) is 27.4. The van der Waals surface area contributed by atoms with E-state index in [4.69, 9.17) is 0 Å². The summed E-state index contributed by atoms with van der Waals surface area (Å²) in [6, 6.07) is 5.87. The average Bonchev–Trinajstić information content (AvgIpc) is 2.40. The SMILES string of the molecule is O=NN1c2ccccc2S(=O)(=O)C2C=CC=CC21. The Morgan fingerprint density at radius 3 is 2.61 bits per heavy atom. The third kappa shape index (κ3) is 1.35. The summed E-state index contributed by atoms with van der Waals surface area (Å²) in [6.45, 7) is 0. The first-order valence-electron chi connectivity index (χ1n) is 5.46. The molecule has 0 saturated carbocycles. The molecule has 1 heterocycles. The van der Waals surface area contributed by atoms with E-state index in [2.05, 4.69) is 5.29 Å². The molecule has 0 amide bonds. The zero-order valence-corrected chi connectivity index (χ0v) is 10.1. The van der Waals surface area contributed by atoms with E-state index in [1.54, 1.807) is 42.5 Å². The van der Waals surface area contributed by atoms with Gasteiger partial charge in [0.25, 0.3) is 0 Å². The lowest BCUT2D eigenvalue weighted by Gasteiger charge is -2.36. The quantitative estimate of drug-likeness (QED) is 0.724. The highest BCUT2D eigenvalue weighted by atomic mass is 32.2. The maximum Gasteiger partial charge on any atom is 0.189 e. The second-order valence-electron chi connectivity index (χ2n) is 4.16. The number of hydrogen-bond donors (Lipinski definition) is 0. The van der Waals surface area contributed by atoms with E-state index in [1.165, 1.54) is 11.1 Å². The second-order valence-corrected chi connectivity index (χ2v) is 6.24. The largest absolute Gasteiger partial charge is 0.223 e. The molecule has 92 valence electrons. The molecule has 2 atom stereocenters. The lowest BCUT2D eigenvalue weighted by Crippen LogP contribution is -2.47. The molecule has 3 rings (SSSR count). The van der Waals surface area contributed by atoms with Crippen LogP contribution in [0.25, 0.3) is 0 Å². The Bertz CT molecular complexity index is 664. The van der Waals surface area contributed by atoms with Crippen LogP contribution in [0.15, 0.2) is 58.8 Å². The number of anilines is 1. The first-order chi connectivity index (χ1) is 8.66. The van der Waals surface area contributed by atoms with Gasteiger partial charge in [-0.15, -0.1) is 4.91 Å². The van der Waals surface area contributed by atoms with Crippen molar-refractivity contribution in [1.29, 1.82) is 0 Å². The Morgan fingerprint density at radius 1 is 1.11 bits per heavy atom. The number of nitrogens with zero attached hydrogens (tertiary/aromatic N) is 2. The molecule has 2 aliphatic rings. The molecule has 1 aromatic carbocycles. The summed E-state index contributed by atoms with van der Waals surface area (Å²) in [6.07, 6.45) is 6.67. The van der Waals surface area contributed by atoms with E-state index < -0.39 is 21.1 Å². The number of sulfone groups is 1. The molecule has 0 radical (unpaired) electrons. The molecule has 2 unspecified atom stereocenters. The van der Waals surface area contributed by atoms with Crippen LogP contribution in [-0.4, -0.2) is 19.7 Å². The van der Waals surface area contributed by atoms with Crippen molar-refractivity contribution < 1.29 is 8.42 Å². The Morgan fingerprint density at radius 2 is 1.83 bits per heavy atom. The van der Waals surface area contributed by atoms with Gasteiger partial charge in [0, 0.05) is 0 Å². The Labute approximate surface area is 104 Å². The number of allylic oxidation sites excluding steroid dienone is 2. The number of fused-ring (bicyclic) bond motifs is 2. The van der Waals surface area contributed by atoms with Gasteiger partial charge in [-0.1, -0.05) is 36.4 Å². The lowest BCUT2D eigenvalue weighted by atomic mass is 10.1. The summed E-state index contributed by atoms with van der Waals surface area (Å²) >= 11 is 0. The summed E-state index contributed by atoms with van der Waals surface area (Å²) in [5.41, 5.74) is 0.341. The van der Waals surface area contributed by atoms with Gasteiger partial charge in [-0.2, -0.15) is 0 Å². The minimum absolute atomic E-state index is 0.158. The fourth-order valence-electron chi connectivity index (χ4n) is 2.38. The van der Waals surface area contributed by atoms with E-state index in [0.29, 0.717) is 5.69 Å². The molecule has 1 aliphatic heterocycles. The van der Waals surface area contributed by atoms with Gasteiger partial charge < -0.3 is 0 Å². The smallest absolute Gasteiger partial charge is 0.189 e. The summed E-state index contributed by atoms with van der Waals surface area (Å²) in [5.74, 6) is 0. The highest BCUT2D eigenvalue weighted by Crippen LogP contribution is 2.39. The standard InChI is InChI=1S/C12H10N2O3S/c15-13-14-9-5-1-3-7-11(9)18(16,17)12-8-4-2-6-10(12)14/h1-9,11H. The van der Waals surface area contributed by atoms with Crippen molar-refractivity contribution in [2.45, 2.75) is 16.2 Å². The Hall–Kier alpha value is -1.95. The number of rotatable bonds is 1. The van der Waals surface area contributed by atoms with Crippen molar-refractivity contribution in [3.8, 4) is 0 Å². The molecule has 18 heavy (non-hydrogen) atoms. The fourth-order valence-corrected chi connectivity index (χ4v) is 4.26. The van der Waals surface area contributed by atoms with E-state index in [-0.39, 0.29) is 4.90 Å². The predicted molar refractivity (Wildman–Crippen MR) is 67.8 cm³/mol. The number of para-hydroxylation sites is 1. The third-order valence-electron chi connectivity index (χ3n) is 3.20. The molecule has 0 fully saturated rings. The molecular weight excluding hydrogens is 252 g/mol. The Kier molecular flexibility index (Phi) is 2.34. The molecule has 0 spiro atoms. The molecule has 0 saturated heterocycles. The van der Waals surface area contributed by atoms with E-state index in [9.17, 15) is 13.3 Å². The number of hydrogen-bond acceptors (Lipinski definition) is 4. The maximum atomic E-state index is 12.4. The molecule has 5 nitrogen and oxygen atoms in total. The van der Waals surface area contributed by atoms with Crippen molar-refractivity contribution >= 4 is 15.5 Å². The molecule has 0 bridgehead atoms. The van der Waals surface area contributed by atoms with Gasteiger partial charge in [-0.05, 0) is 12.1 Å².